The van der Waals surface area contributed by atoms with Gasteiger partial charge in [-0.3, -0.25) is 0 Å². The summed E-state index contributed by atoms with van der Waals surface area (Å²) < 4.78 is 11.3. The van der Waals surface area contributed by atoms with Gasteiger partial charge >= 0.3 is 0 Å². The monoisotopic (exact) mass is 408 g/mol. The topological polar surface area (TPSA) is 18.5 Å². The van der Waals surface area contributed by atoms with Crippen LogP contribution in [-0.4, -0.2) is 14.2 Å². The molecule has 2 aromatic rings. The van der Waals surface area contributed by atoms with Gasteiger partial charge in [0.25, 0.3) is 0 Å². The summed E-state index contributed by atoms with van der Waals surface area (Å²) in [6.07, 6.45) is 0. The summed E-state index contributed by atoms with van der Waals surface area (Å²) in [6.45, 7) is 0. The highest BCUT2D eigenvalue weighted by molar-refractivity contribution is 9.10. The molecule has 0 saturated carbocycles. The van der Waals surface area contributed by atoms with Gasteiger partial charge in [-0.25, -0.2) is 0 Å². The summed E-state index contributed by atoms with van der Waals surface area (Å²) in [5.41, 5.74) is 1.47. The van der Waals surface area contributed by atoms with Crippen LogP contribution in [0.5, 0.6) is 11.5 Å². The van der Waals surface area contributed by atoms with Crippen LogP contribution >= 0.6 is 50.7 Å². The fraction of sp³-hybridized carbons (Fsp3) is 0.200. The first-order valence-corrected chi connectivity index (χ1v) is 7.97. The quantitative estimate of drug-likeness (QED) is 0.567. The van der Waals surface area contributed by atoms with Crippen molar-refractivity contribution in [2.45, 2.75) is 5.38 Å². The highest BCUT2D eigenvalue weighted by Crippen LogP contribution is 2.43. The van der Waals surface area contributed by atoms with Crippen LogP contribution in [0, 0.1) is 0 Å². The fourth-order valence-electron chi connectivity index (χ4n) is 1.95. The summed E-state index contributed by atoms with van der Waals surface area (Å²) in [4.78, 5) is 0. The molecule has 0 N–H and O–H groups in total. The molecular formula is C15H12BrCl3O2. The van der Waals surface area contributed by atoms with E-state index in [0.717, 1.165) is 10.0 Å². The smallest absolute Gasteiger partial charge is 0.162 e. The number of halogens is 4. The Morgan fingerprint density at radius 2 is 1.62 bits per heavy atom. The van der Waals surface area contributed by atoms with Crippen molar-refractivity contribution < 1.29 is 9.47 Å². The van der Waals surface area contributed by atoms with Gasteiger partial charge in [0.05, 0.1) is 24.6 Å². The SMILES string of the molecule is COc1cc(Cl)c(C(Cl)c2cccc(Br)c2Cl)cc1OC. The molecule has 1 atom stereocenters. The van der Waals surface area contributed by atoms with E-state index in [1.165, 1.54) is 0 Å². The number of methoxy groups -OCH3 is 2. The van der Waals surface area contributed by atoms with Gasteiger partial charge in [0.15, 0.2) is 11.5 Å². The average molecular weight is 411 g/mol. The van der Waals surface area contributed by atoms with Crippen LogP contribution in [-0.2, 0) is 0 Å². The maximum Gasteiger partial charge on any atom is 0.162 e. The molecule has 2 nitrogen and oxygen atoms in total. The van der Waals surface area contributed by atoms with E-state index in [0.29, 0.717) is 27.1 Å². The molecule has 1 unspecified atom stereocenters. The lowest BCUT2D eigenvalue weighted by molar-refractivity contribution is 0.354. The van der Waals surface area contributed by atoms with E-state index < -0.39 is 5.38 Å². The van der Waals surface area contributed by atoms with Crippen LogP contribution in [0.4, 0.5) is 0 Å². The largest absolute Gasteiger partial charge is 0.493 e. The molecule has 21 heavy (non-hydrogen) atoms. The van der Waals surface area contributed by atoms with Crippen LogP contribution in [0.15, 0.2) is 34.8 Å². The van der Waals surface area contributed by atoms with Crippen LogP contribution in [0.3, 0.4) is 0 Å². The van der Waals surface area contributed by atoms with Gasteiger partial charge in [-0.05, 0) is 39.2 Å². The zero-order valence-electron chi connectivity index (χ0n) is 11.3. The molecule has 0 saturated heterocycles. The van der Waals surface area contributed by atoms with Gasteiger partial charge in [0.2, 0.25) is 0 Å². The maximum atomic E-state index is 6.55. The Morgan fingerprint density at radius 3 is 2.24 bits per heavy atom. The molecule has 6 heteroatoms. The summed E-state index contributed by atoms with van der Waals surface area (Å²) in [6, 6.07) is 9.02. The summed E-state index contributed by atoms with van der Waals surface area (Å²) >= 11 is 22.5. The molecule has 0 aliphatic rings. The third-order valence-corrected chi connectivity index (χ3v) is 5.14. The molecule has 0 spiro atoms. The molecule has 0 radical (unpaired) electrons. The second-order valence-electron chi connectivity index (χ2n) is 4.23. The molecule has 0 amide bonds. The van der Waals surface area contributed by atoms with Crippen molar-refractivity contribution in [2.75, 3.05) is 14.2 Å². The first-order valence-electron chi connectivity index (χ1n) is 5.99. The zero-order chi connectivity index (χ0) is 15.6. The minimum absolute atomic E-state index is 0.490. The van der Waals surface area contributed by atoms with Crippen LogP contribution < -0.4 is 9.47 Å². The minimum Gasteiger partial charge on any atom is -0.493 e. The van der Waals surface area contributed by atoms with Gasteiger partial charge in [-0.2, -0.15) is 0 Å². The molecule has 0 bridgehead atoms. The summed E-state index contributed by atoms with van der Waals surface area (Å²) in [5, 5.41) is 0.550. The summed E-state index contributed by atoms with van der Waals surface area (Å²) in [7, 11) is 3.11. The van der Waals surface area contributed by atoms with Gasteiger partial charge in [-0.15, -0.1) is 11.6 Å². The van der Waals surface area contributed by atoms with E-state index >= 15 is 0 Å². The Morgan fingerprint density at radius 1 is 1.00 bits per heavy atom. The van der Waals surface area contributed by atoms with Gasteiger partial charge in [0, 0.05) is 15.6 Å². The molecule has 112 valence electrons. The lowest BCUT2D eigenvalue weighted by Crippen LogP contribution is -1.99. The highest BCUT2D eigenvalue weighted by Gasteiger charge is 2.21. The van der Waals surface area contributed by atoms with Crippen LogP contribution in [0.1, 0.15) is 16.5 Å². The molecule has 0 fully saturated rings. The molecule has 2 aromatic carbocycles. The molecule has 0 aromatic heterocycles. The standard InChI is InChI=1S/C15H12BrCl3O2/c1-20-12-6-9(11(17)7-13(12)21-2)14(18)8-4-3-5-10(16)15(8)19/h3-7,14H,1-2H3. The Labute approximate surface area is 147 Å². The first kappa shape index (κ1) is 16.8. The fourth-order valence-corrected chi connectivity index (χ4v) is 3.30. The van der Waals surface area contributed by atoms with Gasteiger partial charge in [0.1, 0.15) is 0 Å². The van der Waals surface area contributed by atoms with E-state index in [4.69, 9.17) is 44.3 Å². The van der Waals surface area contributed by atoms with Crippen molar-refractivity contribution in [3.63, 3.8) is 0 Å². The number of benzene rings is 2. The Balaban J connectivity index is 2.53. The zero-order valence-corrected chi connectivity index (χ0v) is 15.1. The van der Waals surface area contributed by atoms with E-state index in [1.54, 1.807) is 26.4 Å². The lowest BCUT2D eigenvalue weighted by Gasteiger charge is -2.17. The molecule has 2 rings (SSSR count). The molecule has 0 aliphatic heterocycles. The van der Waals surface area contributed by atoms with E-state index in [9.17, 15) is 0 Å². The lowest BCUT2D eigenvalue weighted by atomic mass is 10.0. The Bertz CT molecular complexity index is 662. The van der Waals surface area contributed by atoms with E-state index in [2.05, 4.69) is 15.9 Å². The van der Waals surface area contributed by atoms with Crippen molar-refractivity contribution in [1.29, 1.82) is 0 Å². The maximum absolute atomic E-state index is 6.55. The second-order valence-corrected chi connectivity index (χ2v) is 6.31. The van der Waals surface area contributed by atoms with Crippen molar-refractivity contribution in [3.05, 3.63) is 56.0 Å². The van der Waals surface area contributed by atoms with Gasteiger partial charge < -0.3 is 9.47 Å². The third kappa shape index (κ3) is 3.42. The average Bonchev–Trinajstić information content (AvgIpc) is 2.49. The predicted molar refractivity (Wildman–Crippen MR) is 91.4 cm³/mol. The van der Waals surface area contributed by atoms with E-state index in [1.807, 2.05) is 18.2 Å². The normalized spacial score (nSPS) is 12.1. The second kappa shape index (κ2) is 7.10. The van der Waals surface area contributed by atoms with Crippen molar-refractivity contribution in [1.82, 2.24) is 0 Å². The highest BCUT2D eigenvalue weighted by atomic mass is 79.9. The minimum atomic E-state index is -0.498. The molecular weight excluding hydrogens is 398 g/mol. The van der Waals surface area contributed by atoms with Crippen molar-refractivity contribution >= 4 is 50.7 Å². The summed E-state index contributed by atoms with van der Waals surface area (Å²) in [5.74, 6) is 1.11. The number of alkyl halides is 1. The molecule has 0 heterocycles. The van der Waals surface area contributed by atoms with Crippen molar-refractivity contribution in [3.8, 4) is 11.5 Å². The third-order valence-electron chi connectivity index (χ3n) is 3.03. The van der Waals surface area contributed by atoms with Crippen molar-refractivity contribution in [2.24, 2.45) is 0 Å². The van der Waals surface area contributed by atoms with Gasteiger partial charge in [-0.1, -0.05) is 35.3 Å². The number of rotatable bonds is 4. The van der Waals surface area contributed by atoms with Crippen LogP contribution in [0.25, 0.3) is 0 Å². The number of hydrogen-bond donors (Lipinski definition) is 0. The Kier molecular flexibility index (Phi) is 5.67. The number of hydrogen-bond acceptors (Lipinski definition) is 2. The number of ether oxygens (including phenoxy) is 2. The molecule has 0 aliphatic carbocycles. The van der Waals surface area contributed by atoms with E-state index in [-0.39, 0.29) is 0 Å². The first-order chi connectivity index (χ1) is 9.99. The Hall–Kier alpha value is -0.610. The van der Waals surface area contributed by atoms with Crippen LogP contribution in [0.2, 0.25) is 10.0 Å². The predicted octanol–water partition coefficient (Wildman–Crippen LogP) is 6.10.